The molecule has 80 valence electrons. The van der Waals surface area contributed by atoms with Crippen molar-refractivity contribution in [1.82, 2.24) is 10.6 Å². The van der Waals surface area contributed by atoms with E-state index in [4.69, 9.17) is 0 Å². The minimum absolute atomic E-state index is 0.0365. The Kier molecular flexibility index (Phi) is 2.52. The number of carbonyl (C=O) groups excluding carboxylic acids is 1. The van der Waals surface area contributed by atoms with E-state index < -0.39 is 0 Å². The van der Waals surface area contributed by atoms with E-state index in [1.165, 1.54) is 12.8 Å². The van der Waals surface area contributed by atoms with Crippen molar-refractivity contribution in [3.8, 4) is 0 Å². The summed E-state index contributed by atoms with van der Waals surface area (Å²) in [6.45, 7) is 4.28. The second-order valence-corrected chi connectivity index (χ2v) is 4.79. The fraction of sp³-hybridized carbons (Fsp3) is 0.909. The Labute approximate surface area is 85.6 Å². The smallest absolute Gasteiger partial charge is 0.238 e. The number of hydrogen-bond acceptors (Lipinski definition) is 2. The van der Waals surface area contributed by atoms with E-state index in [0.29, 0.717) is 5.92 Å². The maximum atomic E-state index is 11.8. The third-order valence-electron chi connectivity index (χ3n) is 3.75. The second-order valence-electron chi connectivity index (χ2n) is 4.79. The molecule has 1 aliphatic carbocycles. The van der Waals surface area contributed by atoms with Crippen LogP contribution >= 0.6 is 0 Å². The topological polar surface area (TPSA) is 41.1 Å². The van der Waals surface area contributed by atoms with Crippen molar-refractivity contribution in [2.75, 3.05) is 0 Å². The van der Waals surface area contributed by atoms with Gasteiger partial charge in [-0.1, -0.05) is 20.3 Å². The molecule has 1 spiro atoms. The molecular formula is C11H20N2O. The number of nitrogens with one attached hydrogen (secondary N) is 2. The van der Waals surface area contributed by atoms with Gasteiger partial charge in [0.1, 0.15) is 0 Å². The van der Waals surface area contributed by atoms with Crippen LogP contribution in [0.25, 0.3) is 0 Å². The number of carbonyl (C=O) groups is 1. The van der Waals surface area contributed by atoms with Crippen molar-refractivity contribution < 1.29 is 4.79 Å². The molecule has 2 fully saturated rings. The van der Waals surface area contributed by atoms with Crippen LogP contribution in [0.15, 0.2) is 0 Å². The van der Waals surface area contributed by atoms with E-state index in [0.717, 1.165) is 19.3 Å². The van der Waals surface area contributed by atoms with Gasteiger partial charge in [0.05, 0.1) is 11.7 Å². The molecule has 1 amide bonds. The van der Waals surface area contributed by atoms with E-state index in [1.807, 2.05) is 0 Å². The first-order chi connectivity index (χ1) is 6.67. The predicted molar refractivity (Wildman–Crippen MR) is 55.7 cm³/mol. The normalized spacial score (nSPS) is 32.1. The summed E-state index contributed by atoms with van der Waals surface area (Å²) in [6, 6.07) is 0.0399. The van der Waals surface area contributed by atoms with Crippen LogP contribution in [-0.2, 0) is 4.79 Å². The van der Waals surface area contributed by atoms with Crippen molar-refractivity contribution in [2.24, 2.45) is 5.92 Å². The van der Waals surface area contributed by atoms with E-state index in [9.17, 15) is 4.79 Å². The molecule has 0 aromatic carbocycles. The van der Waals surface area contributed by atoms with Crippen LogP contribution in [0.3, 0.4) is 0 Å². The molecule has 2 aliphatic rings. The summed E-state index contributed by atoms with van der Waals surface area (Å²) in [5.74, 6) is 0.649. The van der Waals surface area contributed by atoms with Crippen molar-refractivity contribution >= 4 is 5.91 Å². The highest BCUT2D eigenvalue weighted by Crippen LogP contribution is 2.32. The highest BCUT2D eigenvalue weighted by molar-refractivity contribution is 5.85. The van der Waals surface area contributed by atoms with Crippen molar-refractivity contribution in [2.45, 2.75) is 57.7 Å². The van der Waals surface area contributed by atoms with Crippen LogP contribution in [-0.4, -0.2) is 17.6 Å². The molecular weight excluding hydrogens is 176 g/mol. The highest BCUT2D eigenvalue weighted by Gasteiger charge is 2.46. The molecule has 1 saturated heterocycles. The fourth-order valence-electron chi connectivity index (χ4n) is 2.60. The van der Waals surface area contributed by atoms with Gasteiger partial charge in [-0.3, -0.25) is 10.1 Å². The molecule has 0 aromatic rings. The zero-order chi connectivity index (χ0) is 10.2. The molecule has 3 nitrogen and oxygen atoms in total. The molecule has 0 radical (unpaired) electrons. The van der Waals surface area contributed by atoms with Crippen molar-refractivity contribution in [3.63, 3.8) is 0 Å². The Bertz CT molecular complexity index is 233. The maximum Gasteiger partial charge on any atom is 0.238 e. The Hall–Kier alpha value is -0.570. The Balaban J connectivity index is 2.06. The summed E-state index contributed by atoms with van der Waals surface area (Å²) >= 11 is 0. The summed E-state index contributed by atoms with van der Waals surface area (Å²) in [5.41, 5.74) is -0.0365. The Morgan fingerprint density at radius 2 is 2.14 bits per heavy atom. The van der Waals surface area contributed by atoms with Gasteiger partial charge in [0, 0.05) is 0 Å². The molecule has 2 atom stereocenters. The van der Waals surface area contributed by atoms with Gasteiger partial charge in [0.2, 0.25) is 5.91 Å². The minimum Gasteiger partial charge on any atom is -0.337 e. The fourth-order valence-corrected chi connectivity index (χ4v) is 2.60. The second kappa shape index (κ2) is 3.54. The van der Waals surface area contributed by atoms with E-state index in [-0.39, 0.29) is 17.6 Å². The van der Waals surface area contributed by atoms with Crippen LogP contribution in [0.5, 0.6) is 0 Å². The summed E-state index contributed by atoms with van der Waals surface area (Å²) in [4.78, 5) is 11.8. The molecule has 14 heavy (non-hydrogen) atoms. The first-order valence-electron chi connectivity index (χ1n) is 5.76. The maximum absolute atomic E-state index is 11.8. The molecule has 1 saturated carbocycles. The lowest BCUT2D eigenvalue weighted by molar-refractivity contribution is -0.121. The molecule has 2 unspecified atom stereocenters. The summed E-state index contributed by atoms with van der Waals surface area (Å²) in [7, 11) is 0. The molecule has 2 rings (SSSR count). The van der Waals surface area contributed by atoms with Crippen LogP contribution in [0.4, 0.5) is 0 Å². The molecule has 2 N–H and O–H groups in total. The first-order valence-corrected chi connectivity index (χ1v) is 5.76. The number of amides is 1. The Morgan fingerprint density at radius 1 is 1.50 bits per heavy atom. The average Bonchev–Trinajstić information content (AvgIpc) is 2.74. The Morgan fingerprint density at radius 3 is 2.71 bits per heavy atom. The third kappa shape index (κ3) is 1.54. The standard InChI is InChI=1S/C11H20N2O/c1-3-8(2)9-10(14)13-11(12-9)6-4-5-7-11/h8-9,12H,3-7H2,1-2H3,(H,13,14). The van der Waals surface area contributed by atoms with Crippen LogP contribution in [0, 0.1) is 5.92 Å². The summed E-state index contributed by atoms with van der Waals surface area (Å²) < 4.78 is 0. The highest BCUT2D eigenvalue weighted by atomic mass is 16.2. The van der Waals surface area contributed by atoms with Crippen LogP contribution < -0.4 is 10.6 Å². The zero-order valence-electron chi connectivity index (χ0n) is 9.10. The van der Waals surface area contributed by atoms with E-state index in [2.05, 4.69) is 24.5 Å². The molecule has 0 bridgehead atoms. The zero-order valence-corrected chi connectivity index (χ0v) is 9.10. The number of rotatable bonds is 2. The van der Waals surface area contributed by atoms with Gasteiger partial charge in [-0.05, 0) is 31.6 Å². The van der Waals surface area contributed by atoms with Crippen molar-refractivity contribution in [1.29, 1.82) is 0 Å². The van der Waals surface area contributed by atoms with Gasteiger partial charge < -0.3 is 5.32 Å². The molecule has 3 heteroatoms. The lowest BCUT2D eigenvalue weighted by Gasteiger charge is -2.25. The van der Waals surface area contributed by atoms with Gasteiger partial charge in [-0.2, -0.15) is 0 Å². The van der Waals surface area contributed by atoms with Crippen LogP contribution in [0.1, 0.15) is 46.0 Å². The third-order valence-corrected chi connectivity index (χ3v) is 3.75. The van der Waals surface area contributed by atoms with E-state index in [1.54, 1.807) is 0 Å². The van der Waals surface area contributed by atoms with Gasteiger partial charge in [0.15, 0.2) is 0 Å². The minimum atomic E-state index is -0.0365. The number of hydrogen-bond donors (Lipinski definition) is 2. The van der Waals surface area contributed by atoms with Crippen molar-refractivity contribution in [3.05, 3.63) is 0 Å². The summed E-state index contributed by atoms with van der Waals surface area (Å²) in [6.07, 6.45) is 5.74. The van der Waals surface area contributed by atoms with E-state index >= 15 is 0 Å². The largest absolute Gasteiger partial charge is 0.337 e. The van der Waals surface area contributed by atoms with Gasteiger partial charge in [0.25, 0.3) is 0 Å². The summed E-state index contributed by atoms with van der Waals surface area (Å²) in [5, 5.41) is 6.65. The molecule has 0 aromatic heterocycles. The average molecular weight is 196 g/mol. The lowest BCUT2D eigenvalue weighted by atomic mass is 9.99. The molecule has 1 aliphatic heterocycles. The van der Waals surface area contributed by atoms with Crippen LogP contribution in [0.2, 0.25) is 0 Å². The lowest BCUT2D eigenvalue weighted by Crippen LogP contribution is -2.48. The molecule has 1 heterocycles. The van der Waals surface area contributed by atoms with Gasteiger partial charge in [-0.25, -0.2) is 0 Å². The quantitative estimate of drug-likeness (QED) is 0.700. The predicted octanol–water partition coefficient (Wildman–Crippen LogP) is 1.39. The van der Waals surface area contributed by atoms with Gasteiger partial charge in [-0.15, -0.1) is 0 Å². The monoisotopic (exact) mass is 196 g/mol. The first kappa shape index (κ1) is 9.97. The van der Waals surface area contributed by atoms with Gasteiger partial charge >= 0.3 is 0 Å². The SMILES string of the molecule is CCC(C)C1NC2(CCCC2)NC1=O.